The van der Waals surface area contributed by atoms with Gasteiger partial charge in [0, 0.05) is 18.0 Å². The van der Waals surface area contributed by atoms with Crippen molar-refractivity contribution < 1.29 is 0 Å². The first-order valence-electron chi connectivity index (χ1n) is 6.02. The average Bonchev–Trinajstić information content (AvgIpc) is 3.14. The molecule has 3 nitrogen and oxygen atoms in total. The number of aromatic nitrogens is 2. The van der Waals surface area contributed by atoms with Crippen LogP contribution >= 0.6 is 11.6 Å². The van der Waals surface area contributed by atoms with Gasteiger partial charge in [-0.05, 0) is 38.5 Å². The Hall–Kier alpha value is -0.830. The van der Waals surface area contributed by atoms with E-state index in [0.29, 0.717) is 11.1 Å². The molecule has 2 saturated carbocycles. The summed E-state index contributed by atoms with van der Waals surface area (Å²) in [4.78, 5) is 8.94. The fourth-order valence-corrected chi connectivity index (χ4v) is 1.94. The normalized spacial score (nSPS) is 19.9. The first-order valence-corrected chi connectivity index (χ1v) is 6.39. The van der Waals surface area contributed by atoms with E-state index in [-0.39, 0.29) is 0 Å². The maximum Gasteiger partial charge on any atom is 0.137 e. The molecule has 86 valence electrons. The highest BCUT2D eigenvalue weighted by atomic mass is 35.5. The van der Waals surface area contributed by atoms with Crippen LogP contribution in [0.3, 0.4) is 0 Å². The third kappa shape index (κ3) is 2.14. The van der Waals surface area contributed by atoms with Crippen molar-refractivity contribution in [1.29, 1.82) is 0 Å². The molecule has 1 heterocycles. The summed E-state index contributed by atoms with van der Waals surface area (Å²) in [7, 11) is 0. The Labute approximate surface area is 101 Å². The third-order valence-corrected chi connectivity index (χ3v) is 3.67. The van der Waals surface area contributed by atoms with Gasteiger partial charge in [0.05, 0.1) is 0 Å². The first kappa shape index (κ1) is 10.3. The van der Waals surface area contributed by atoms with Crippen LogP contribution in [0.4, 0.5) is 5.82 Å². The van der Waals surface area contributed by atoms with Crippen molar-refractivity contribution >= 4 is 17.4 Å². The van der Waals surface area contributed by atoms with Gasteiger partial charge in [-0.2, -0.15) is 0 Å². The molecule has 1 N–H and O–H groups in total. The van der Waals surface area contributed by atoms with Crippen LogP contribution in [0.1, 0.15) is 43.0 Å². The minimum atomic E-state index is 0.555. The number of rotatable bonds is 4. The molecule has 2 aliphatic rings. The summed E-state index contributed by atoms with van der Waals surface area (Å²) < 4.78 is 0. The molecule has 0 atom stereocenters. The molecule has 16 heavy (non-hydrogen) atoms. The number of hydrogen-bond acceptors (Lipinski definition) is 3. The molecule has 2 fully saturated rings. The molecule has 0 aliphatic heterocycles. The monoisotopic (exact) mass is 237 g/mol. The van der Waals surface area contributed by atoms with E-state index in [2.05, 4.69) is 15.3 Å². The van der Waals surface area contributed by atoms with Gasteiger partial charge in [0.2, 0.25) is 0 Å². The number of nitrogens with one attached hydrogen (secondary N) is 1. The van der Waals surface area contributed by atoms with E-state index >= 15 is 0 Å². The summed E-state index contributed by atoms with van der Waals surface area (Å²) in [5, 5.41) is 4.01. The number of nitrogens with zero attached hydrogens (tertiary/aromatic N) is 2. The summed E-state index contributed by atoms with van der Waals surface area (Å²) >= 11 is 6.13. The van der Waals surface area contributed by atoms with E-state index in [1.54, 1.807) is 0 Å². The Morgan fingerprint density at radius 3 is 2.62 bits per heavy atom. The van der Waals surface area contributed by atoms with Crippen molar-refractivity contribution in [2.75, 3.05) is 11.9 Å². The van der Waals surface area contributed by atoms with Crippen molar-refractivity contribution in [2.45, 2.75) is 38.5 Å². The minimum absolute atomic E-state index is 0.555. The lowest BCUT2D eigenvalue weighted by Gasteiger charge is -2.10. The van der Waals surface area contributed by atoms with Crippen LogP contribution in [0.15, 0.2) is 0 Å². The third-order valence-electron chi connectivity index (χ3n) is 3.30. The van der Waals surface area contributed by atoms with Crippen molar-refractivity contribution in [2.24, 2.45) is 5.92 Å². The van der Waals surface area contributed by atoms with Gasteiger partial charge in [-0.25, -0.2) is 9.97 Å². The lowest BCUT2D eigenvalue weighted by atomic mass is 10.3. The van der Waals surface area contributed by atoms with Crippen LogP contribution in [-0.2, 0) is 0 Å². The van der Waals surface area contributed by atoms with Gasteiger partial charge in [-0.1, -0.05) is 11.6 Å². The molecule has 4 heteroatoms. The zero-order chi connectivity index (χ0) is 11.1. The molecule has 2 aliphatic carbocycles. The highest BCUT2D eigenvalue weighted by Gasteiger charge is 2.28. The van der Waals surface area contributed by atoms with Gasteiger partial charge in [0.25, 0.3) is 0 Å². The van der Waals surface area contributed by atoms with Gasteiger partial charge in [0.1, 0.15) is 16.8 Å². The van der Waals surface area contributed by atoms with E-state index in [4.69, 9.17) is 11.6 Å². The van der Waals surface area contributed by atoms with Gasteiger partial charge in [-0.3, -0.25) is 0 Å². The SMILES string of the molecule is Cc1c(Cl)nc(C2CC2)nc1NCC1CC1. The van der Waals surface area contributed by atoms with E-state index < -0.39 is 0 Å². The fraction of sp³-hybridized carbons (Fsp3) is 0.667. The highest BCUT2D eigenvalue weighted by Crippen LogP contribution is 2.39. The number of anilines is 1. The summed E-state index contributed by atoms with van der Waals surface area (Å²) in [5.41, 5.74) is 0.978. The summed E-state index contributed by atoms with van der Waals surface area (Å²) in [6, 6.07) is 0. The number of hydrogen-bond donors (Lipinski definition) is 1. The molecule has 0 saturated heterocycles. The Morgan fingerprint density at radius 2 is 2.00 bits per heavy atom. The quantitative estimate of drug-likeness (QED) is 0.818. The van der Waals surface area contributed by atoms with E-state index in [1.165, 1.54) is 25.7 Å². The van der Waals surface area contributed by atoms with E-state index in [9.17, 15) is 0 Å². The lowest BCUT2D eigenvalue weighted by Crippen LogP contribution is -2.09. The second-order valence-electron chi connectivity index (χ2n) is 4.94. The zero-order valence-corrected chi connectivity index (χ0v) is 10.2. The Balaban J connectivity index is 1.81. The van der Waals surface area contributed by atoms with Crippen molar-refractivity contribution in [3.63, 3.8) is 0 Å². The average molecular weight is 238 g/mol. The molecule has 0 unspecified atom stereocenters. The Morgan fingerprint density at radius 1 is 1.25 bits per heavy atom. The molecular formula is C12H16ClN3. The van der Waals surface area contributed by atoms with Gasteiger partial charge >= 0.3 is 0 Å². The zero-order valence-electron chi connectivity index (χ0n) is 9.46. The molecule has 1 aromatic rings. The second kappa shape index (κ2) is 3.88. The molecule has 1 aromatic heterocycles. The fourth-order valence-electron chi connectivity index (χ4n) is 1.76. The largest absolute Gasteiger partial charge is 0.369 e. The summed E-state index contributed by atoms with van der Waals surface area (Å²) in [6.45, 7) is 3.01. The Bertz CT molecular complexity index is 411. The van der Waals surface area contributed by atoms with Crippen LogP contribution in [0, 0.1) is 12.8 Å². The van der Waals surface area contributed by atoms with Gasteiger partial charge in [-0.15, -0.1) is 0 Å². The van der Waals surface area contributed by atoms with Crippen LogP contribution < -0.4 is 5.32 Å². The maximum absolute atomic E-state index is 6.13. The number of halogens is 1. The summed E-state index contributed by atoms with van der Waals surface area (Å²) in [5.74, 6) is 3.26. The molecule has 0 spiro atoms. The molecular weight excluding hydrogens is 222 g/mol. The van der Waals surface area contributed by atoms with Crippen LogP contribution in [0.5, 0.6) is 0 Å². The van der Waals surface area contributed by atoms with Crippen LogP contribution in [0.2, 0.25) is 5.15 Å². The van der Waals surface area contributed by atoms with Crippen molar-refractivity contribution in [3.05, 3.63) is 16.5 Å². The highest BCUT2D eigenvalue weighted by molar-refractivity contribution is 6.30. The van der Waals surface area contributed by atoms with E-state index in [0.717, 1.165) is 29.7 Å². The minimum Gasteiger partial charge on any atom is -0.369 e. The predicted octanol–water partition coefficient (Wildman–Crippen LogP) is 3.14. The van der Waals surface area contributed by atoms with Crippen LogP contribution in [-0.4, -0.2) is 16.5 Å². The van der Waals surface area contributed by atoms with E-state index in [1.807, 2.05) is 6.92 Å². The molecule has 0 radical (unpaired) electrons. The second-order valence-corrected chi connectivity index (χ2v) is 5.30. The Kier molecular flexibility index (Phi) is 2.51. The molecule has 0 amide bonds. The van der Waals surface area contributed by atoms with Crippen molar-refractivity contribution in [1.82, 2.24) is 9.97 Å². The van der Waals surface area contributed by atoms with Gasteiger partial charge in [0.15, 0.2) is 0 Å². The van der Waals surface area contributed by atoms with Crippen LogP contribution in [0.25, 0.3) is 0 Å². The predicted molar refractivity (Wildman–Crippen MR) is 65.0 cm³/mol. The molecule has 3 rings (SSSR count). The molecule has 0 aromatic carbocycles. The standard InChI is InChI=1S/C12H16ClN3/c1-7-10(13)15-12(9-4-5-9)16-11(7)14-6-8-2-3-8/h8-9H,2-6H2,1H3,(H,14,15,16). The summed E-state index contributed by atoms with van der Waals surface area (Å²) in [6.07, 6.45) is 5.11. The van der Waals surface area contributed by atoms with Gasteiger partial charge < -0.3 is 5.32 Å². The smallest absolute Gasteiger partial charge is 0.137 e. The topological polar surface area (TPSA) is 37.8 Å². The first-order chi connectivity index (χ1) is 7.74. The molecule has 0 bridgehead atoms. The maximum atomic E-state index is 6.13. The van der Waals surface area contributed by atoms with Crippen molar-refractivity contribution in [3.8, 4) is 0 Å². The lowest BCUT2D eigenvalue weighted by molar-refractivity contribution is 0.861.